The molecular formula is C43H41ClN8O4. The van der Waals surface area contributed by atoms with E-state index in [9.17, 15) is 15.3 Å². The average Bonchev–Trinajstić information content (AvgIpc) is 4.01. The molecular weight excluding hydrogens is 728 g/mol. The standard InChI is InChI=1S/C24H24N4O3.C19H16N4O.ClH/c1-24(2,3)31-23(29)27-12-11-17-13-21(9-10-22(17)27)30-16-18-14-20(15-25)28(26-18)19-7-5-4-6-8-19;20-12-17-11-15(22-23(17)16-4-2-1-3-5-16)13-24-18-6-7-19-14(10-18)8-9-21-19;/h4-10,13-14H,11-12,16H2,1-3H3;1-7,10-11,21H,8-9,13H2;1H. The predicted octanol–water partition coefficient (Wildman–Crippen LogP) is 8.33. The molecule has 2 aromatic heterocycles. The average molecular weight is 769 g/mol. The van der Waals surface area contributed by atoms with Crippen LogP contribution in [-0.2, 0) is 30.8 Å². The van der Waals surface area contributed by atoms with E-state index in [-0.39, 0.29) is 25.1 Å². The first-order valence-corrected chi connectivity index (χ1v) is 18.0. The van der Waals surface area contributed by atoms with Crippen LogP contribution in [0.5, 0.6) is 11.5 Å². The molecule has 4 heterocycles. The summed E-state index contributed by atoms with van der Waals surface area (Å²) in [5, 5.41) is 31.1. The molecule has 1 amide bonds. The molecule has 6 aromatic rings. The summed E-state index contributed by atoms with van der Waals surface area (Å²) in [4.78, 5) is 14.1. The van der Waals surface area contributed by atoms with Gasteiger partial charge in [-0.2, -0.15) is 20.7 Å². The smallest absolute Gasteiger partial charge is 0.414 e. The van der Waals surface area contributed by atoms with Gasteiger partial charge in [0, 0.05) is 30.9 Å². The summed E-state index contributed by atoms with van der Waals surface area (Å²) < 4.78 is 20.5. The fourth-order valence-corrected chi connectivity index (χ4v) is 6.35. The van der Waals surface area contributed by atoms with Crippen molar-refractivity contribution in [3.05, 3.63) is 143 Å². The Morgan fingerprint density at radius 2 is 1.27 bits per heavy atom. The molecule has 0 atom stereocenters. The van der Waals surface area contributed by atoms with Crippen molar-refractivity contribution in [2.75, 3.05) is 23.3 Å². The number of halogens is 1. The number of carbonyl (C=O) groups excluding carboxylic acids is 1. The van der Waals surface area contributed by atoms with Crippen molar-refractivity contribution in [3.63, 3.8) is 0 Å². The molecule has 0 saturated carbocycles. The topological polar surface area (TPSA) is 143 Å². The van der Waals surface area contributed by atoms with Crippen LogP contribution in [-0.4, -0.2) is 44.3 Å². The van der Waals surface area contributed by atoms with Crippen LogP contribution in [0.15, 0.2) is 109 Å². The Kier molecular flexibility index (Phi) is 11.9. The number of nitrogens with zero attached hydrogens (tertiary/aromatic N) is 7. The number of fused-ring (bicyclic) bond motifs is 2. The molecule has 0 spiro atoms. The molecule has 0 radical (unpaired) electrons. The zero-order valence-corrected chi connectivity index (χ0v) is 32.1. The molecule has 2 aliphatic rings. The number of hydrogen-bond acceptors (Lipinski definition) is 9. The molecule has 8 rings (SSSR count). The Hall–Kier alpha value is -6.76. The molecule has 0 aliphatic carbocycles. The SMILES string of the molecule is CC(C)(C)OC(=O)N1CCc2cc(OCc3cc(C#N)n(-c4ccccc4)n3)ccc21.Cl.N#Cc1cc(COc2ccc3c(c2)CCN3)nn1-c1ccccc1. The van der Waals surface area contributed by atoms with E-state index in [1.807, 2.05) is 112 Å². The molecule has 12 nitrogen and oxygen atoms in total. The lowest BCUT2D eigenvalue weighted by Gasteiger charge is -2.24. The van der Waals surface area contributed by atoms with Gasteiger partial charge in [-0.1, -0.05) is 36.4 Å². The van der Waals surface area contributed by atoms with Crippen molar-refractivity contribution in [1.29, 1.82) is 10.5 Å². The number of amides is 1. The highest BCUT2D eigenvalue weighted by molar-refractivity contribution is 5.90. The molecule has 0 fully saturated rings. The highest BCUT2D eigenvalue weighted by Crippen LogP contribution is 2.33. The molecule has 4 aromatic carbocycles. The quantitative estimate of drug-likeness (QED) is 0.162. The molecule has 13 heteroatoms. The number of nitriles is 2. The first-order chi connectivity index (χ1) is 26.7. The van der Waals surface area contributed by atoms with Gasteiger partial charge < -0.3 is 19.5 Å². The van der Waals surface area contributed by atoms with Gasteiger partial charge in [0.05, 0.1) is 17.1 Å². The third kappa shape index (κ3) is 9.12. The second kappa shape index (κ2) is 17.1. The van der Waals surface area contributed by atoms with Crippen molar-refractivity contribution in [3.8, 4) is 35.0 Å². The highest BCUT2D eigenvalue weighted by atomic mass is 35.5. The zero-order chi connectivity index (χ0) is 38.4. The summed E-state index contributed by atoms with van der Waals surface area (Å²) in [5.74, 6) is 1.52. The molecule has 56 heavy (non-hydrogen) atoms. The van der Waals surface area contributed by atoms with Gasteiger partial charge in [0.15, 0.2) is 0 Å². The minimum absolute atomic E-state index is 0. The summed E-state index contributed by atoms with van der Waals surface area (Å²) in [5.41, 5.74) is 7.85. The van der Waals surface area contributed by atoms with Gasteiger partial charge in [-0.15, -0.1) is 12.4 Å². The molecule has 2 aliphatic heterocycles. The monoisotopic (exact) mass is 768 g/mol. The maximum Gasteiger partial charge on any atom is 0.414 e. The first-order valence-electron chi connectivity index (χ1n) is 18.0. The Morgan fingerprint density at radius 3 is 1.80 bits per heavy atom. The number of carbonyl (C=O) groups is 1. The van der Waals surface area contributed by atoms with Crippen LogP contribution >= 0.6 is 12.4 Å². The van der Waals surface area contributed by atoms with Crippen molar-refractivity contribution in [1.82, 2.24) is 19.6 Å². The van der Waals surface area contributed by atoms with E-state index < -0.39 is 5.60 Å². The number of para-hydroxylation sites is 2. The van der Waals surface area contributed by atoms with E-state index in [2.05, 4.69) is 33.7 Å². The van der Waals surface area contributed by atoms with Crippen LogP contribution < -0.4 is 19.7 Å². The molecule has 284 valence electrons. The van der Waals surface area contributed by atoms with Crippen LogP contribution in [0, 0.1) is 22.7 Å². The Labute approximate surface area is 331 Å². The highest BCUT2D eigenvalue weighted by Gasteiger charge is 2.29. The minimum atomic E-state index is -0.533. The van der Waals surface area contributed by atoms with E-state index in [1.165, 1.54) is 11.3 Å². The van der Waals surface area contributed by atoms with Crippen LogP contribution in [0.3, 0.4) is 0 Å². The Morgan fingerprint density at radius 1 is 0.732 bits per heavy atom. The first kappa shape index (κ1) is 38.9. The normalized spacial score (nSPS) is 12.4. The fraction of sp³-hybridized carbons (Fsp3) is 0.233. The lowest BCUT2D eigenvalue weighted by Crippen LogP contribution is -2.35. The number of hydrogen-bond donors (Lipinski definition) is 1. The maximum absolute atomic E-state index is 12.4. The van der Waals surface area contributed by atoms with Gasteiger partial charge in [-0.25, -0.2) is 14.2 Å². The van der Waals surface area contributed by atoms with Crippen LogP contribution in [0.25, 0.3) is 11.4 Å². The van der Waals surface area contributed by atoms with E-state index in [4.69, 9.17) is 14.2 Å². The van der Waals surface area contributed by atoms with Gasteiger partial charge in [0.25, 0.3) is 0 Å². The van der Waals surface area contributed by atoms with Crippen LogP contribution in [0.2, 0.25) is 0 Å². The number of benzene rings is 4. The van der Waals surface area contributed by atoms with Gasteiger partial charge in [0.2, 0.25) is 0 Å². The summed E-state index contributed by atoms with van der Waals surface area (Å²) >= 11 is 0. The molecule has 1 N–H and O–H groups in total. The lowest BCUT2D eigenvalue weighted by molar-refractivity contribution is 0.0584. The maximum atomic E-state index is 12.4. The lowest BCUT2D eigenvalue weighted by atomic mass is 10.1. The second-order valence-electron chi connectivity index (χ2n) is 14.0. The minimum Gasteiger partial charge on any atom is -0.487 e. The number of aromatic nitrogens is 4. The molecule has 0 saturated heterocycles. The Balaban J connectivity index is 0.000000192. The number of anilines is 2. The third-order valence-electron chi connectivity index (χ3n) is 8.87. The number of nitrogens with one attached hydrogen (secondary N) is 1. The summed E-state index contributed by atoms with van der Waals surface area (Å²) in [7, 11) is 0. The van der Waals surface area contributed by atoms with E-state index in [1.54, 1.807) is 26.4 Å². The van der Waals surface area contributed by atoms with Crippen molar-refractivity contribution in [2.45, 2.75) is 52.4 Å². The van der Waals surface area contributed by atoms with Crippen molar-refractivity contribution >= 4 is 29.9 Å². The van der Waals surface area contributed by atoms with E-state index in [0.717, 1.165) is 53.5 Å². The van der Waals surface area contributed by atoms with Crippen LogP contribution in [0.1, 0.15) is 54.7 Å². The van der Waals surface area contributed by atoms with Gasteiger partial charge in [0.1, 0.15) is 65.2 Å². The molecule has 0 bridgehead atoms. The Bertz CT molecular complexity index is 2390. The van der Waals surface area contributed by atoms with E-state index >= 15 is 0 Å². The van der Waals surface area contributed by atoms with Gasteiger partial charge >= 0.3 is 6.09 Å². The zero-order valence-electron chi connectivity index (χ0n) is 31.3. The third-order valence-corrected chi connectivity index (χ3v) is 8.87. The predicted molar refractivity (Wildman–Crippen MR) is 215 cm³/mol. The van der Waals surface area contributed by atoms with Gasteiger partial charge in [-0.3, -0.25) is 4.90 Å². The summed E-state index contributed by atoms with van der Waals surface area (Å²) in [6.07, 6.45) is 1.43. The fourth-order valence-electron chi connectivity index (χ4n) is 6.35. The van der Waals surface area contributed by atoms with E-state index in [0.29, 0.717) is 36.0 Å². The van der Waals surface area contributed by atoms with Crippen molar-refractivity contribution < 1.29 is 19.0 Å². The molecule has 0 unspecified atom stereocenters. The second-order valence-corrected chi connectivity index (χ2v) is 14.0. The van der Waals surface area contributed by atoms with Crippen molar-refractivity contribution in [2.24, 2.45) is 0 Å². The largest absolute Gasteiger partial charge is 0.487 e. The van der Waals surface area contributed by atoms with Crippen LogP contribution in [0.4, 0.5) is 16.2 Å². The summed E-state index contributed by atoms with van der Waals surface area (Å²) in [6, 6.07) is 38.7. The number of ether oxygens (including phenoxy) is 3. The van der Waals surface area contributed by atoms with Gasteiger partial charge in [-0.05, 0) is 105 Å². The summed E-state index contributed by atoms with van der Waals surface area (Å²) in [6.45, 7) is 7.71. The number of rotatable bonds is 8.